The summed E-state index contributed by atoms with van der Waals surface area (Å²) in [7, 11) is 0. The molecule has 96 valence electrons. The van der Waals surface area contributed by atoms with Crippen molar-refractivity contribution in [1.82, 2.24) is 9.55 Å². The van der Waals surface area contributed by atoms with Gasteiger partial charge in [-0.2, -0.15) is 0 Å². The molecule has 3 rings (SSSR count). The topological polar surface area (TPSA) is 17.8 Å². The zero-order chi connectivity index (χ0) is 12.6. The molecule has 1 aliphatic rings. The monoisotopic (exact) mass is 268 g/mol. The molecule has 0 N–H and O–H groups in total. The zero-order valence-electron chi connectivity index (χ0n) is 9.85. The van der Waals surface area contributed by atoms with Gasteiger partial charge in [0, 0.05) is 31.8 Å². The van der Waals surface area contributed by atoms with Crippen molar-refractivity contribution in [2.24, 2.45) is 5.92 Å². The van der Waals surface area contributed by atoms with Crippen molar-refractivity contribution in [3.63, 3.8) is 0 Å². The van der Waals surface area contributed by atoms with Gasteiger partial charge in [-0.15, -0.1) is 11.3 Å². The quantitative estimate of drug-likeness (QED) is 0.821. The van der Waals surface area contributed by atoms with Gasteiger partial charge in [-0.1, -0.05) is 6.07 Å². The number of nitrogens with zero attached hydrogens (tertiary/aromatic N) is 2. The van der Waals surface area contributed by atoms with Crippen molar-refractivity contribution in [3.8, 4) is 10.7 Å². The van der Waals surface area contributed by atoms with Gasteiger partial charge < -0.3 is 4.57 Å². The fourth-order valence-electron chi connectivity index (χ4n) is 2.56. The Hall–Kier alpha value is -1.23. The zero-order valence-corrected chi connectivity index (χ0v) is 10.7. The van der Waals surface area contributed by atoms with Crippen LogP contribution in [0.5, 0.6) is 0 Å². The summed E-state index contributed by atoms with van der Waals surface area (Å²) in [6, 6.07) is 3.98. The summed E-state index contributed by atoms with van der Waals surface area (Å²) in [6.07, 6.45) is 4.26. The Kier molecular flexibility index (Phi) is 2.93. The molecule has 1 fully saturated rings. The van der Waals surface area contributed by atoms with Crippen LogP contribution in [0.3, 0.4) is 0 Å². The smallest absolute Gasteiger partial charge is 0.248 e. The van der Waals surface area contributed by atoms with Crippen LogP contribution in [0, 0.1) is 5.92 Å². The fraction of sp³-hybridized carbons (Fsp3) is 0.462. The molecular weight excluding hydrogens is 254 g/mol. The summed E-state index contributed by atoms with van der Waals surface area (Å²) in [6.45, 7) is 0.642. The predicted octanol–water partition coefficient (Wildman–Crippen LogP) is 4.05. The lowest BCUT2D eigenvalue weighted by molar-refractivity contribution is 0.00438. The highest BCUT2D eigenvalue weighted by Gasteiger charge is 2.39. The number of rotatable bonds is 3. The van der Waals surface area contributed by atoms with E-state index in [0.29, 0.717) is 13.0 Å². The van der Waals surface area contributed by atoms with E-state index in [1.807, 2.05) is 28.3 Å². The van der Waals surface area contributed by atoms with Gasteiger partial charge in [-0.25, -0.2) is 13.8 Å². The maximum Gasteiger partial charge on any atom is 0.248 e. The minimum Gasteiger partial charge on any atom is -0.330 e. The summed E-state index contributed by atoms with van der Waals surface area (Å²) in [5.74, 6) is -1.51. The van der Waals surface area contributed by atoms with Gasteiger partial charge in [0.1, 0.15) is 5.82 Å². The minimum atomic E-state index is -2.46. The van der Waals surface area contributed by atoms with E-state index in [2.05, 4.69) is 4.98 Å². The molecule has 0 aliphatic heterocycles. The minimum absolute atomic E-state index is 0.00899. The third-order valence-corrected chi connectivity index (χ3v) is 4.28. The van der Waals surface area contributed by atoms with E-state index < -0.39 is 5.92 Å². The van der Waals surface area contributed by atoms with Crippen LogP contribution in [-0.2, 0) is 6.54 Å². The molecule has 0 bridgehead atoms. The molecule has 5 heteroatoms. The van der Waals surface area contributed by atoms with Crippen LogP contribution >= 0.6 is 11.3 Å². The van der Waals surface area contributed by atoms with E-state index in [1.54, 1.807) is 17.5 Å². The molecule has 1 unspecified atom stereocenters. The number of aromatic nitrogens is 2. The molecule has 1 aliphatic carbocycles. The van der Waals surface area contributed by atoms with E-state index in [-0.39, 0.29) is 18.8 Å². The molecular formula is C13H14F2N2S. The highest BCUT2D eigenvalue weighted by atomic mass is 32.1. The van der Waals surface area contributed by atoms with Gasteiger partial charge in [-0.05, 0) is 23.8 Å². The van der Waals surface area contributed by atoms with Gasteiger partial charge >= 0.3 is 0 Å². The number of hydrogen-bond acceptors (Lipinski definition) is 2. The molecule has 0 aromatic carbocycles. The third-order valence-electron chi connectivity index (χ3n) is 3.42. The van der Waals surface area contributed by atoms with Gasteiger partial charge in [0.25, 0.3) is 0 Å². The molecule has 0 spiro atoms. The van der Waals surface area contributed by atoms with Crippen molar-refractivity contribution in [2.75, 3.05) is 0 Å². The lowest BCUT2D eigenvalue weighted by Crippen LogP contribution is -2.13. The highest BCUT2D eigenvalue weighted by Crippen LogP contribution is 2.40. The Labute approximate surface area is 108 Å². The third kappa shape index (κ3) is 2.32. The molecule has 2 nitrogen and oxygen atoms in total. The van der Waals surface area contributed by atoms with Gasteiger partial charge in [0.15, 0.2) is 0 Å². The second kappa shape index (κ2) is 4.46. The predicted molar refractivity (Wildman–Crippen MR) is 67.8 cm³/mol. The molecule has 18 heavy (non-hydrogen) atoms. The molecule has 2 aromatic heterocycles. The second-order valence-electron chi connectivity index (χ2n) is 4.85. The maximum atomic E-state index is 13.2. The Bertz CT molecular complexity index is 519. The summed E-state index contributed by atoms with van der Waals surface area (Å²) in [4.78, 5) is 5.41. The Morgan fingerprint density at radius 2 is 2.39 bits per heavy atom. The van der Waals surface area contributed by atoms with Crippen molar-refractivity contribution in [3.05, 3.63) is 29.9 Å². The van der Waals surface area contributed by atoms with Crippen LogP contribution in [0.4, 0.5) is 8.78 Å². The van der Waals surface area contributed by atoms with E-state index in [1.165, 1.54) is 0 Å². The van der Waals surface area contributed by atoms with E-state index in [4.69, 9.17) is 0 Å². The van der Waals surface area contributed by atoms with Crippen LogP contribution in [0.25, 0.3) is 10.7 Å². The van der Waals surface area contributed by atoms with Crippen molar-refractivity contribution in [2.45, 2.75) is 31.7 Å². The average Bonchev–Trinajstić information content (AvgIpc) is 2.99. The summed E-state index contributed by atoms with van der Waals surface area (Å²) in [5.41, 5.74) is 0. The van der Waals surface area contributed by atoms with E-state index >= 15 is 0 Å². The van der Waals surface area contributed by atoms with Crippen LogP contribution in [0.15, 0.2) is 29.9 Å². The molecule has 2 heterocycles. The standard InChI is InChI=1S/C13H14F2N2S/c14-13(15)4-3-10(8-13)9-17-6-5-16-12(17)11-2-1-7-18-11/h1-2,5-7,10H,3-4,8-9H2. The second-order valence-corrected chi connectivity index (χ2v) is 5.79. The summed E-state index contributed by atoms with van der Waals surface area (Å²) >= 11 is 1.62. The summed E-state index contributed by atoms with van der Waals surface area (Å²) in [5, 5.41) is 2.00. The molecule has 1 atom stereocenters. The fourth-order valence-corrected chi connectivity index (χ4v) is 3.30. The van der Waals surface area contributed by atoms with Crippen molar-refractivity contribution < 1.29 is 8.78 Å². The van der Waals surface area contributed by atoms with Crippen molar-refractivity contribution in [1.29, 1.82) is 0 Å². The average molecular weight is 268 g/mol. The molecule has 0 amide bonds. The van der Waals surface area contributed by atoms with E-state index in [0.717, 1.165) is 10.7 Å². The SMILES string of the molecule is FC1(F)CCC(Cn2ccnc2-c2cccs2)C1. The maximum absolute atomic E-state index is 13.2. The highest BCUT2D eigenvalue weighted by molar-refractivity contribution is 7.13. The number of alkyl halides is 2. The first kappa shape index (κ1) is 11.8. The van der Waals surface area contributed by atoms with Crippen molar-refractivity contribution >= 4 is 11.3 Å². The largest absolute Gasteiger partial charge is 0.330 e. The van der Waals surface area contributed by atoms with Gasteiger partial charge in [0.2, 0.25) is 5.92 Å². The number of thiophene rings is 1. The van der Waals surface area contributed by atoms with Crippen LogP contribution < -0.4 is 0 Å². The first-order valence-electron chi connectivity index (χ1n) is 6.07. The molecule has 0 radical (unpaired) electrons. The Morgan fingerprint density at radius 1 is 1.50 bits per heavy atom. The van der Waals surface area contributed by atoms with Crippen LogP contribution in [0.2, 0.25) is 0 Å². The lowest BCUT2D eigenvalue weighted by atomic mass is 10.1. The normalized spacial score (nSPS) is 22.4. The number of imidazole rings is 1. The first-order chi connectivity index (χ1) is 8.64. The molecule has 1 saturated carbocycles. The number of halogens is 2. The molecule has 0 saturated heterocycles. The van der Waals surface area contributed by atoms with Gasteiger partial charge in [0.05, 0.1) is 4.88 Å². The number of hydrogen-bond donors (Lipinski definition) is 0. The summed E-state index contributed by atoms with van der Waals surface area (Å²) < 4.78 is 28.3. The van der Waals surface area contributed by atoms with Crippen LogP contribution in [0.1, 0.15) is 19.3 Å². The Morgan fingerprint density at radius 3 is 3.06 bits per heavy atom. The first-order valence-corrected chi connectivity index (χ1v) is 6.95. The Balaban J connectivity index is 1.77. The van der Waals surface area contributed by atoms with Crippen LogP contribution in [-0.4, -0.2) is 15.5 Å². The van der Waals surface area contributed by atoms with E-state index in [9.17, 15) is 8.78 Å². The molecule has 2 aromatic rings. The van der Waals surface area contributed by atoms with Gasteiger partial charge in [-0.3, -0.25) is 0 Å². The lowest BCUT2D eigenvalue weighted by Gasteiger charge is -2.13.